The molecule has 2 nitrogen and oxygen atoms in total. The molecule has 0 fully saturated rings. The van der Waals surface area contributed by atoms with E-state index in [2.05, 4.69) is 33.9 Å². The monoisotopic (exact) mass is 283 g/mol. The molecule has 1 aromatic heterocycles. The van der Waals surface area contributed by atoms with Crippen LogP contribution in [-0.2, 0) is 6.42 Å². The molecule has 0 radical (unpaired) electrons. The van der Waals surface area contributed by atoms with Crippen molar-refractivity contribution in [3.63, 3.8) is 0 Å². The standard InChI is InChI=1S/C11H10BrNOS/c1-2-8-4-3-5-9(6-8)14-11-13-10(12)7-15-11/h3-7H,2H2,1H3. The predicted molar refractivity (Wildman–Crippen MR) is 65.7 cm³/mol. The normalized spacial score (nSPS) is 10.3. The summed E-state index contributed by atoms with van der Waals surface area (Å²) in [6, 6.07) is 8.06. The van der Waals surface area contributed by atoms with Gasteiger partial charge in [-0.15, -0.1) is 0 Å². The van der Waals surface area contributed by atoms with Gasteiger partial charge in [-0.05, 0) is 40.0 Å². The number of hydrogen-bond donors (Lipinski definition) is 0. The van der Waals surface area contributed by atoms with E-state index in [4.69, 9.17) is 4.74 Å². The van der Waals surface area contributed by atoms with E-state index in [0.717, 1.165) is 16.8 Å². The molecular weight excluding hydrogens is 274 g/mol. The maximum absolute atomic E-state index is 5.62. The number of benzene rings is 1. The molecule has 15 heavy (non-hydrogen) atoms. The van der Waals surface area contributed by atoms with Crippen molar-refractivity contribution in [2.75, 3.05) is 0 Å². The van der Waals surface area contributed by atoms with Crippen molar-refractivity contribution < 1.29 is 4.74 Å². The van der Waals surface area contributed by atoms with Crippen LogP contribution in [-0.4, -0.2) is 4.98 Å². The molecule has 0 aliphatic rings. The number of halogens is 1. The Kier molecular flexibility index (Phi) is 3.38. The number of nitrogens with zero attached hydrogens (tertiary/aromatic N) is 1. The quantitative estimate of drug-likeness (QED) is 0.840. The summed E-state index contributed by atoms with van der Waals surface area (Å²) in [5.41, 5.74) is 1.27. The smallest absolute Gasteiger partial charge is 0.279 e. The first-order chi connectivity index (χ1) is 7.28. The first-order valence-electron chi connectivity index (χ1n) is 4.65. The zero-order chi connectivity index (χ0) is 10.7. The summed E-state index contributed by atoms with van der Waals surface area (Å²) >= 11 is 4.77. The van der Waals surface area contributed by atoms with Crippen molar-refractivity contribution in [2.24, 2.45) is 0 Å². The van der Waals surface area contributed by atoms with Crippen LogP contribution in [0.5, 0.6) is 10.9 Å². The highest BCUT2D eigenvalue weighted by Crippen LogP contribution is 2.27. The molecule has 0 aliphatic carbocycles. The second-order valence-electron chi connectivity index (χ2n) is 3.04. The van der Waals surface area contributed by atoms with Crippen molar-refractivity contribution in [2.45, 2.75) is 13.3 Å². The molecule has 1 heterocycles. The third-order valence-corrected chi connectivity index (χ3v) is 3.39. The van der Waals surface area contributed by atoms with Crippen LogP contribution in [0.25, 0.3) is 0 Å². The van der Waals surface area contributed by atoms with Gasteiger partial charge in [0.1, 0.15) is 10.4 Å². The van der Waals surface area contributed by atoms with Gasteiger partial charge in [0, 0.05) is 5.38 Å². The fourth-order valence-electron chi connectivity index (χ4n) is 1.22. The van der Waals surface area contributed by atoms with Crippen LogP contribution < -0.4 is 4.74 Å². The highest BCUT2D eigenvalue weighted by Gasteiger charge is 2.02. The van der Waals surface area contributed by atoms with Gasteiger partial charge in [-0.1, -0.05) is 30.4 Å². The Labute approximate surface area is 101 Å². The maximum Gasteiger partial charge on any atom is 0.279 e. The van der Waals surface area contributed by atoms with E-state index in [0.29, 0.717) is 5.19 Å². The van der Waals surface area contributed by atoms with Crippen molar-refractivity contribution in [3.05, 3.63) is 39.8 Å². The van der Waals surface area contributed by atoms with Crippen LogP contribution in [0.15, 0.2) is 34.2 Å². The second kappa shape index (κ2) is 4.77. The van der Waals surface area contributed by atoms with E-state index in [9.17, 15) is 0 Å². The van der Waals surface area contributed by atoms with Crippen LogP contribution in [0, 0.1) is 0 Å². The molecule has 0 aliphatic heterocycles. The summed E-state index contributed by atoms with van der Waals surface area (Å²) < 4.78 is 6.43. The number of hydrogen-bond acceptors (Lipinski definition) is 3. The van der Waals surface area contributed by atoms with Crippen LogP contribution in [0.2, 0.25) is 0 Å². The molecule has 0 N–H and O–H groups in total. The van der Waals surface area contributed by atoms with Gasteiger partial charge in [0.2, 0.25) is 0 Å². The van der Waals surface area contributed by atoms with E-state index in [1.807, 2.05) is 23.6 Å². The Balaban J connectivity index is 2.16. The van der Waals surface area contributed by atoms with Crippen LogP contribution in [0.3, 0.4) is 0 Å². The highest BCUT2D eigenvalue weighted by atomic mass is 79.9. The van der Waals surface area contributed by atoms with E-state index < -0.39 is 0 Å². The molecular formula is C11H10BrNOS. The van der Waals surface area contributed by atoms with Gasteiger partial charge in [0.25, 0.3) is 5.19 Å². The highest BCUT2D eigenvalue weighted by molar-refractivity contribution is 9.10. The molecule has 1 aromatic carbocycles. The van der Waals surface area contributed by atoms with Gasteiger partial charge >= 0.3 is 0 Å². The molecule has 4 heteroatoms. The minimum absolute atomic E-state index is 0.662. The van der Waals surface area contributed by atoms with E-state index in [1.54, 1.807) is 0 Å². The lowest BCUT2D eigenvalue weighted by Gasteiger charge is -2.02. The summed E-state index contributed by atoms with van der Waals surface area (Å²) in [5.74, 6) is 0.844. The van der Waals surface area contributed by atoms with E-state index in [1.165, 1.54) is 16.9 Å². The predicted octanol–water partition coefficient (Wildman–Crippen LogP) is 4.26. The van der Waals surface area contributed by atoms with Crippen molar-refractivity contribution in [3.8, 4) is 10.9 Å². The lowest BCUT2D eigenvalue weighted by Crippen LogP contribution is -1.85. The van der Waals surface area contributed by atoms with Gasteiger partial charge in [-0.2, -0.15) is 4.98 Å². The van der Waals surface area contributed by atoms with Crippen molar-refractivity contribution in [1.82, 2.24) is 4.98 Å². The van der Waals surface area contributed by atoms with Gasteiger partial charge in [-0.3, -0.25) is 0 Å². The average Bonchev–Trinajstić information content (AvgIpc) is 2.64. The molecule has 78 valence electrons. The largest absolute Gasteiger partial charge is 0.431 e. The van der Waals surface area contributed by atoms with Crippen molar-refractivity contribution >= 4 is 27.3 Å². The summed E-state index contributed by atoms with van der Waals surface area (Å²) in [6.45, 7) is 2.12. The topological polar surface area (TPSA) is 22.1 Å². The van der Waals surface area contributed by atoms with Crippen LogP contribution in [0.4, 0.5) is 0 Å². The minimum atomic E-state index is 0.662. The van der Waals surface area contributed by atoms with Gasteiger partial charge in [0.05, 0.1) is 0 Å². The lowest BCUT2D eigenvalue weighted by atomic mass is 10.2. The van der Waals surface area contributed by atoms with Crippen LogP contribution in [0.1, 0.15) is 12.5 Å². The number of aryl methyl sites for hydroxylation is 1. The summed E-state index contributed by atoms with van der Waals surface area (Å²) in [4.78, 5) is 4.17. The van der Waals surface area contributed by atoms with Gasteiger partial charge in [0.15, 0.2) is 0 Å². The minimum Gasteiger partial charge on any atom is -0.431 e. The second-order valence-corrected chi connectivity index (χ2v) is 4.67. The number of rotatable bonds is 3. The number of thiazole rings is 1. The molecule has 0 saturated carbocycles. The molecule has 2 rings (SSSR count). The number of aromatic nitrogens is 1. The average molecular weight is 284 g/mol. The van der Waals surface area contributed by atoms with Crippen LogP contribution >= 0.6 is 27.3 Å². The Hall–Kier alpha value is -0.870. The Morgan fingerprint density at radius 2 is 2.33 bits per heavy atom. The fraction of sp³-hybridized carbons (Fsp3) is 0.182. The molecule has 0 atom stereocenters. The first kappa shape index (κ1) is 10.6. The molecule has 2 aromatic rings. The van der Waals surface area contributed by atoms with E-state index >= 15 is 0 Å². The molecule has 0 spiro atoms. The third-order valence-electron chi connectivity index (χ3n) is 1.97. The summed E-state index contributed by atoms with van der Waals surface area (Å²) in [7, 11) is 0. The first-order valence-corrected chi connectivity index (χ1v) is 6.33. The Bertz CT molecular complexity index is 455. The number of ether oxygens (including phenoxy) is 1. The molecule has 0 bridgehead atoms. The lowest BCUT2D eigenvalue weighted by molar-refractivity contribution is 0.477. The van der Waals surface area contributed by atoms with E-state index in [-0.39, 0.29) is 0 Å². The van der Waals surface area contributed by atoms with Gasteiger partial charge < -0.3 is 4.74 Å². The Morgan fingerprint density at radius 1 is 1.47 bits per heavy atom. The maximum atomic E-state index is 5.62. The third kappa shape index (κ3) is 2.79. The molecule has 0 saturated heterocycles. The Morgan fingerprint density at radius 3 is 3.00 bits per heavy atom. The summed E-state index contributed by atoms with van der Waals surface area (Å²) in [5, 5.41) is 2.56. The molecule has 0 amide bonds. The van der Waals surface area contributed by atoms with Gasteiger partial charge in [-0.25, -0.2) is 0 Å². The molecule has 0 unspecified atom stereocenters. The van der Waals surface area contributed by atoms with Crippen molar-refractivity contribution in [1.29, 1.82) is 0 Å². The fourth-order valence-corrected chi connectivity index (χ4v) is 2.32. The zero-order valence-electron chi connectivity index (χ0n) is 8.24. The summed E-state index contributed by atoms with van der Waals surface area (Å²) in [6.07, 6.45) is 1.01. The SMILES string of the molecule is CCc1cccc(Oc2nc(Br)cs2)c1. The zero-order valence-corrected chi connectivity index (χ0v) is 10.6.